The van der Waals surface area contributed by atoms with E-state index >= 15 is 0 Å². The van der Waals surface area contributed by atoms with Gasteiger partial charge in [-0.25, -0.2) is 10.3 Å². The van der Waals surface area contributed by atoms with E-state index in [1.165, 1.54) is 0 Å². The minimum absolute atomic E-state index is 0. The normalized spacial score (nSPS) is 13.5. The third-order valence-electron chi connectivity index (χ3n) is 0.569. The highest BCUT2D eigenvalue weighted by Crippen LogP contribution is 2.02. The summed E-state index contributed by atoms with van der Waals surface area (Å²) in [5.74, 6) is 0. The minimum atomic E-state index is -5.51. The average Bonchev–Trinajstić information content (AvgIpc) is 1.58. The monoisotopic (exact) mass is 258 g/mol. The van der Waals surface area contributed by atoms with Gasteiger partial charge in [-0.2, -0.15) is 35.2 Å². The van der Waals surface area contributed by atoms with Gasteiger partial charge in [-0.05, 0) is 0 Å². The van der Waals surface area contributed by atoms with Crippen LogP contribution < -0.4 is 10.3 Å². The maximum absolute atomic E-state index is 10.2. The Kier molecular flexibility index (Phi) is 4.31. The second-order valence-corrected chi connectivity index (χ2v) is 10.2. The van der Waals surface area contributed by atoms with E-state index in [2.05, 4.69) is 10.3 Å². The molecule has 0 saturated heterocycles. The second kappa shape index (κ2) is 3.52. The fourth-order valence-corrected chi connectivity index (χ4v) is 3.57. The molecule has 0 spiro atoms. The summed E-state index contributed by atoms with van der Waals surface area (Å²) >= 11 is 0. The largest absolute Gasteiger partial charge is 0.384 e. The highest BCUT2D eigenvalue weighted by Gasteiger charge is 2.37. The maximum Gasteiger partial charge on any atom is 0.384 e. The lowest BCUT2D eigenvalue weighted by molar-refractivity contribution is 0.579. The standard InChI is InChI=1S/H4N2O6S3.H3P/c1-9(3,4)11(7,8)10(2,5)6;/h(H2,1,3,4)(H2,2,5,6);1H3. The first-order chi connectivity index (χ1) is 4.50. The minimum Gasteiger partial charge on any atom is -0.215 e. The van der Waals surface area contributed by atoms with Crippen molar-refractivity contribution in [3.63, 3.8) is 0 Å². The summed E-state index contributed by atoms with van der Waals surface area (Å²) in [7, 11) is -15.9. The van der Waals surface area contributed by atoms with Crippen molar-refractivity contribution in [2.45, 2.75) is 0 Å². The molecule has 0 saturated carbocycles. The molecule has 0 radical (unpaired) electrons. The van der Waals surface area contributed by atoms with Gasteiger partial charge in [0.05, 0.1) is 0 Å². The molecule has 0 bridgehead atoms. The van der Waals surface area contributed by atoms with Crippen molar-refractivity contribution in [2.75, 3.05) is 0 Å². The Morgan fingerprint density at radius 3 is 0.833 bits per heavy atom. The zero-order valence-corrected chi connectivity index (χ0v) is 9.40. The zero-order valence-electron chi connectivity index (χ0n) is 5.54. The molecular formula is H7N2O6PS3. The van der Waals surface area contributed by atoms with E-state index in [1.807, 2.05) is 0 Å². The van der Waals surface area contributed by atoms with Crippen molar-refractivity contribution in [1.29, 1.82) is 0 Å². The summed E-state index contributed by atoms with van der Waals surface area (Å²) in [6.07, 6.45) is 0. The third-order valence-corrected chi connectivity index (χ3v) is 8.54. The first-order valence-corrected chi connectivity index (χ1v) is 7.41. The van der Waals surface area contributed by atoms with Crippen LogP contribution in [0, 0.1) is 0 Å². The predicted octanol–water partition coefficient (Wildman–Crippen LogP) is -3.13. The van der Waals surface area contributed by atoms with Crippen molar-refractivity contribution < 1.29 is 25.3 Å². The maximum atomic E-state index is 10.2. The van der Waals surface area contributed by atoms with Gasteiger partial charge in [0.2, 0.25) is 0 Å². The Morgan fingerprint density at radius 1 is 0.667 bits per heavy atom. The number of rotatable bonds is 2. The molecule has 8 nitrogen and oxygen atoms in total. The average molecular weight is 258 g/mol. The smallest absolute Gasteiger partial charge is 0.215 e. The molecule has 0 heterocycles. The van der Waals surface area contributed by atoms with Crippen molar-refractivity contribution in [1.82, 2.24) is 0 Å². The molecule has 0 aliphatic heterocycles. The van der Waals surface area contributed by atoms with Gasteiger partial charge in [-0.1, -0.05) is 0 Å². The Morgan fingerprint density at radius 2 is 0.833 bits per heavy atom. The van der Waals surface area contributed by atoms with Crippen LogP contribution in [0.25, 0.3) is 0 Å². The van der Waals surface area contributed by atoms with E-state index in [-0.39, 0.29) is 9.90 Å². The predicted molar refractivity (Wildman–Crippen MR) is 46.2 cm³/mol. The summed E-state index contributed by atoms with van der Waals surface area (Å²) in [5, 5.41) is 8.05. The first kappa shape index (κ1) is 14.7. The summed E-state index contributed by atoms with van der Waals surface area (Å²) in [6.45, 7) is 0. The summed E-state index contributed by atoms with van der Waals surface area (Å²) in [6, 6.07) is 0. The van der Waals surface area contributed by atoms with Gasteiger partial charge in [0.25, 0.3) is 0 Å². The summed E-state index contributed by atoms with van der Waals surface area (Å²) in [5.41, 5.74) is 0. The van der Waals surface area contributed by atoms with Gasteiger partial charge >= 0.3 is 26.0 Å². The van der Waals surface area contributed by atoms with Crippen LogP contribution in [0.15, 0.2) is 0 Å². The van der Waals surface area contributed by atoms with Gasteiger partial charge in [0.1, 0.15) is 0 Å². The van der Waals surface area contributed by atoms with Crippen LogP contribution in [0.3, 0.4) is 0 Å². The molecule has 1 unspecified atom stereocenters. The Balaban J connectivity index is 0. The fraction of sp³-hybridized carbons (Fsp3) is 0. The molecule has 0 aliphatic rings. The van der Waals surface area contributed by atoms with E-state index in [0.717, 1.165) is 0 Å². The van der Waals surface area contributed by atoms with E-state index in [1.54, 1.807) is 0 Å². The van der Waals surface area contributed by atoms with E-state index in [4.69, 9.17) is 0 Å². The molecule has 0 rings (SSSR count). The van der Waals surface area contributed by atoms with E-state index in [0.29, 0.717) is 0 Å². The quantitative estimate of drug-likeness (QED) is 0.394. The number of hydrogen-bond acceptors (Lipinski definition) is 6. The topological polar surface area (TPSA) is 154 Å². The summed E-state index contributed by atoms with van der Waals surface area (Å²) < 4.78 is 60.6. The van der Waals surface area contributed by atoms with Gasteiger partial charge in [-0.15, -0.1) is 0 Å². The molecule has 76 valence electrons. The molecule has 0 fully saturated rings. The molecule has 0 aromatic rings. The van der Waals surface area contributed by atoms with Crippen LogP contribution in [0.2, 0.25) is 0 Å². The molecule has 1 atom stereocenters. The van der Waals surface area contributed by atoms with Gasteiger partial charge in [0.15, 0.2) is 0 Å². The molecule has 4 N–H and O–H groups in total. The van der Waals surface area contributed by atoms with Crippen LogP contribution in [0.4, 0.5) is 0 Å². The summed E-state index contributed by atoms with van der Waals surface area (Å²) in [4.78, 5) is 0. The Bertz CT molecular complexity index is 399. The molecule has 0 aliphatic carbocycles. The first-order valence-electron chi connectivity index (χ1n) is 1.80. The van der Waals surface area contributed by atoms with Gasteiger partial charge < -0.3 is 0 Å². The molecular weight excluding hydrogens is 251 g/mol. The van der Waals surface area contributed by atoms with Gasteiger partial charge in [0, 0.05) is 0 Å². The highest BCUT2D eigenvalue weighted by atomic mass is 33.6. The van der Waals surface area contributed by atoms with Crippen LogP contribution in [-0.4, -0.2) is 25.3 Å². The molecule has 0 aromatic heterocycles. The van der Waals surface area contributed by atoms with Gasteiger partial charge in [-0.3, -0.25) is 0 Å². The lowest BCUT2D eigenvalue weighted by Gasteiger charge is -1.95. The zero-order chi connectivity index (χ0) is 9.50. The molecule has 12 heavy (non-hydrogen) atoms. The Hall–Kier alpha value is 0.200. The van der Waals surface area contributed by atoms with Crippen molar-refractivity contribution in [3.8, 4) is 0 Å². The van der Waals surface area contributed by atoms with E-state index in [9.17, 15) is 25.3 Å². The Labute approximate surface area is 71.8 Å². The lowest BCUT2D eigenvalue weighted by atomic mass is 13.9. The highest BCUT2D eigenvalue weighted by molar-refractivity contribution is 8.98. The van der Waals surface area contributed by atoms with Crippen molar-refractivity contribution >= 4 is 35.9 Å². The van der Waals surface area contributed by atoms with Crippen molar-refractivity contribution in [2.24, 2.45) is 10.3 Å². The van der Waals surface area contributed by atoms with E-state index < -0.39 is 26.0 Å². The fourth-order valence-electron chi connectivity index (χ4n) is 0.132. The third kappa shape index (κ3) is 2.61. The van der Waals surface area contributed by atoms with Crippen molar-refractivity contribution in [3.05, 3.63) is 0 Å². The van der Waals surface area contributed by atoms with Crippen LogP contribution >= 0.6 is 9.90 Å². The lowest BCUT2D eigenvalue weighted by Crippen LogP contribution is -2.34. The van der Waals surface area contributed by atoms with Crippen LogP contribution in [0.1, 0.15) is 0 Å². The van der Waals surface area contributed by atoms with Crippen LogP contribution in [-0.2, 0) is 26.0 Å². The second-order valence-electron chi connectivity index (χ2n) is 1.39. The molecule has 0 aromatic carbocycles. The number of nitrogens with two attached hydrogens (primary N) is 2. The number of hydrogen-bond donors (Lipinski definition) is 2. The SMILES string of the molecule is NS(=O)(=O)S(=O)(=O)S(N)(=O)=O.P. The molecule has 12 heteroatoms. The van der Waals surface area contributed by atoms with Crippen LogP contribution in [0.5, 0.6) is 0 Å². The molecule has 0 amide bonds.